The summed E-state index contributed by atoms with van der Waals surface area (Å²) in [5.41, 5.74) is 4.93. The van der Waals surface area contributed by atoms with Gasteiger partial charge < -0.3 is 5.11 Å². The summed E-state index contributed by atoms with van der Waals surface area (Å²) in [6, 6.07) is 16.2. The van der Waals surface area contributed by atoms with Crippen LogP contribution in [0.1, 0.15) is 39.2 Å². The molecule has 3 aromatic carbocycles. The molecule has 0 atom stereocenters. The number of rotatable bonds is 4. The molecule has 0 radical (unpaired) electrons. The topological polar surface area (TPSA) is 96.6 Å². The zero-order chi connectivity index (χ0) is 25.5. The van der Waals surface area contributed by atoms with E-state index in [2.05, 4.69) is 31.4 Å². The predicted molar refractivity (Wildman–Crippen MR) is 150 cm³/mol. The van der Waals surface area contributed by atoms with Crippen LogP contribution in [-0.2, 0) is 12.8 Å². The van der Waals surface area contributed by atoms with Gasteiger partial charge in [-0.15, -0.1) is 11.3 Å². The molecule has 0 fully saturated rings. The fourth-order valence-electron chi connectivity index (χ4n) is 4.81. The molecule has 184 valence electrons. The van der Waals surface area contributed by atoms with Crippen molar-refractivity contribution < 1.29 is 9.90 Å². The van der Waals surface area contributed by atoms with E-state index in [1.54, 1.807) is 35.6 Å². The number of carbonyl (C=O) groups excluding carboxylic acids is 1. The summed E-state index contributed by atoms with van der Waals surface area (Å²) >= 11 is 4.97. The molecule has 2 N–H and O–H groups in total. The molecule has 2 aromatic heterocycles. The molecule has 6 rings (SSSR count). The average Bonchev–Trinajstić information content (AvgIpc) is 3.30. The van der Waals surface area contributed by atoms with E-state index in [1.165, 1.54) is 22.0 Å². The van der Waals surface area contributed by atoms with Gasteiger partial charge in [-0.25, -0.2) is 10.4 Å². The van der Waals surface area contributed by atoms with Crippen LogP contribution in [0.25, 0.3) is 26.7 Å². The van der Waals surface area contributed by atoms with Gasteiger partial charge in [0, 0.05) is 16.0 Å². The number of carbonyl (C=O) groups is 1. The van der Waals surface area contributed by atoms with Gasteiger partial charge in [0.05, 0.1) is 21.8 Å². The first-order valence-electron chi connectivity index (χ1n) is 11.9. The van der Waals surface area contributed by atoms with Crippen molar-refractivity contribution >= 4 is 60.4 Å². The van der Waals surface area contributed by atoms with Gasteiger partial charge in [-0.05, 0) is 82.2 Å². The molecular formula is C28H21BrN4O3S. The summed E-state index contributed by atoms with van der Waals surface area (Å²) in [5, 5.41) is 17.0. The minimum absolute atomic E-state index is 0.0385. The molecule has 2 heterocycles. The van der Waals surface area contributed by atoms with Crippen molar-refractivity contribution in [3.8, 4) is 11.4 Å². The Labute approximate surface area is 224 Å². The normalized spacial score (nSPS) is 13.3. The summed E-state index contributed by atoms with van der Waals surface area (Å²) < 4.78 is 2.03. The number of hydrogen-bond donors (Lipinski definition) is 2. The van der Waals surface area contributed by atoms with Crippen molar-refractivity contribution in [2.24, 2.45) is 5.10 Å². The number of aryl methyl sites for hydroxylation is 2. The lowest BCUT2D eigenvalue weighted by molar-refractivity contribution is 0.0955. The van der Waals surface area contributed by atoms with Crippen LogP contribution in [0.3, 0.4) is 0 Å². The van der Waals surface area contributed by atoms with Gasteiger partial charge in [-0.3, -0.25) is 14.2 Å². The first-order chi connectivity index (χ1) is 18.0. The van der Waals surface area contributed by atoms with Crippen LogP contribution in [0.2, 0.25) is 0 Å². The number of phenolic OH excluding ortho intramolecular Hbond substituents is 1. The maximum Gasteiger partial charge on any atom is 0.271 e. The van der Waals surface area contributed by atoms with Crippen LogP contribution in [0.15, 0.2) is 75.3 Å². The molecule has 0 bridgehead atoms. The molecule has 7 nitrogen and oxygen atoms in total. The number of thiophene rings is 1. The number of amides is 1. The Morgan fingerprint density at radius 1 is 1.14 bits per heavy atom. The van der Waals surface area contributed by atoms with Gasteiger partial charge >= 0.3 is 0 Å². The molecule has 0 aliphatic heterocycles. The number of hydrogen-bond acceptors (Lipinski definition) is 6. The van der Waals surface area contributed by atoms with E-state index in [0.717, 1.165) is 46.8 Å². The van der Waals surface area contributed by atoms with Gasteiger partial charge in [0.15, 0.2) is 0 Å². The lowest BCUT2D eigenvalue weighted by Crippen LogP contribution is -2.21. The van der Waals surface area contributed by atoms with E-state index in [-0.39, 0.29) is 11.3 Å². The minimum Gasteiger partial charge on any atom is -0.506 e. The third kappa shape index (κ3) is 4.24. The SMILES string of the molecule is O=C(N/N=C/c1c(O)c(Br)cc2ccccc12)c1cccc(-n2cnc3sc4c(c3c2=O)CCCC4)c1. The van der Waals surface area contributed by atoms with E-state index >= 15 is 0 Å². The molecule has 1 aliphatic carbocycles. The summed E-state index contributed by atoms with van der Waals surface area (Å²) in [4.78, 5) is 32.9. The second-order valence-electron chi connectivity index (χ2n) is 8.90. The van der Waals surface area contributed by atoms with Crippen molar-refractivity contribution in [1.29, 1.82) is 0 Å². The highest BCUT2D eigenvalue weighted by molar-refractivity contribution is 9.10. The number of aromatic hydroxyl groups is 1. The first-order valence-corrected chi connectivity index (χ1v) is 13.5. The number of benzene rings is 3. The number of nitrogens with one attached hydrogen (secondary N) is 1. The maximum atomic E-state index is 13.4. The highest BCUT2D eigenvalue weighted by atomic mass is 79.9. The second kappa shape index (κ2) is 9.57. The number of halogens is 1. The zero-order valence-corrected chi connectivity index (χ0v) is 22.0. The highest BCUT2D eigenvalue weighted by Crippen LogP contribution is 2.34. The average molecular weight is 573 g/mol. The Hall–Kier alpha value is -3.82. The monoisotopic (exact) mass is 572 g/mol. The molecule has 9 heteroatoms. The molecular weight excluding hydrogens is 552 g/mol. The van der Waals surface area contributed by atoms with Crippen LogP contribution in [0.4, 0.5) is 0 Å². The van der Waals surface area contributed by atoms with E-state index in [9.17, 15) is 14.7 Å². The molecule has 0 spiro atoms. The number of hydrazone groups is 1. The number of phenols is 1. The Bertz CT molecular complexity index is 1790. The van der Waals surface area contributed by atoms with Gasteiger partial charge in [0.1, 0.15) is 16.9 Å². The van der Waals surface area contributed by atoms with Crippen molar-refractivity contribution in [1.82, 2.24) is 15.0 Å². The zero-order valence-electron chi connectivity index (χ0n) is 19.6. The Balaban J connectivity index is 1.29. The first kappa shape index (κ1) is 23.6. The quantitative estimate of drug-likeness (QED) is 0.213. The fraction of sp³-hybridized carbons (Fsp3) is 0.143. The smallest absolute Gasteiger partial charge is 0.271 e. The molecule has 5 aromatic rings. The lowest BCUT2D eigenvalue weighted by atomic mass is 9.97. The summed E-state index contributed by atoms with van der Waals surface area (Å²) in [7, 11) is 0. The van der Waals surface area contributed by atoms with Crippen molar-refractivity contribution in [3.05, 3.63) is 97.3 Å². The van der Waals surface area contributed by atoms with Gasteiger partial charge in [-0.1, -0.05) is 30.3 Å². The molecule has 0 saturated heterocycles. The van der Waals surface area contributed by atoms with Gasteiger partial charge in [0.25, 0.3) is 11.5 Å². The molecule has 37 heavy (non-hydrogen) atoms. The third-order valence-electron chi connectivity index (χ3n) is 6.64. The number of aromatic nitrogens is 2. The second-order valence-corrected chi connectivity index (χ2v) is 10.8. The third-order valence-corrected chi connectivity index (χ3v) is 8.44. The number of nitrogens with zero attached hydrogens (tertiary/aromatic N) is 3. The Morgan fingerprint density at radius 3 is 2.86 bits per heavy atom. The minimum atomic E-state index is -0.438. The molecule has 1 aliphatic rings. The Morgan fingerprint density at radius 2 is 1.97 bits per heavy atom. The van der Waals surface area contributed by atoms with Crippen LogP contribution >= 0.6 is 27.3 Å². The van der Waals surface area contributed by atoms with Gasteiger partial charge in [-0.2, -0.15) is 5.10 Å². The Kier molecular flexibility index (Phi) is 6.10. The fourth-order valence-corrected chi connectivity index (χ4v) is 6.49. The van der Waals surface area contributed by atoms with Crippen molar-refractivity contribution in [2.75, 3.05) is 0 Å². The van der Waals surface area contributed by atoms with E-state index in [4.69, 9.17) is 0 Å². The van der Waals surface area contributed by atoms with Crippen LogP contribution < -0.4 is 11.0 Å². The van der Waals surface area contributed by atoms with Crippen LogP contribution in [-0.4, -0.2) is 26.8 Å². The standard InChI is InChI=1S/C28H21BrN4O3S/c29-22-13-16-6-1-2-9-19(16)21(25(22)34)14-31-32-26(35)17-7-5-8-18(12-17)33-15-30-27-24(28(33)36)20-10-3-4-11-23(20)37-27/h1-2,5-9,12-15,34H,3-4,10-11H2,(H,32,35)/b31-14+. The number of fused-ring (bicyclic) bond motifs is 4. The molecule has 1 amide bonds. The summed E-state index contributed by atoms with van der Waals surface area (Å²) in [6.07, 6.45) is 7.08. The molecule has 0 unspecified atom stereocenters. The predicted octanol–water partition coefficient (Wildman–Crippen LogP) is 5.71. The van der Waals surface area contributed by atoms with Crippen LogP contribution in [0, 0.1) is 0 Å². The van der Waals surface area contributed by atoms with Gasteiger partial charge in [0.2, 0.25) is 0 Å². The highest BCUT2D eigenvalue weighted by Gasteiger charge is 2.20. The largest absolute Gasteiger partial charge is 0.506 e. The van der Waals surface area contributed by atoms with E-state index in [0.29, 0.717) is 26.7 Å². The lowest BCUT2D eigenvalue weighted by Gasteiger charge is -2.11. The summed E-state index contributed by atoms with van der Waals surface area (Å²) in [6.45, 7) is 0. The van der Waals surface area contributed by atoms with Crippen molar-refractivity contribution in [2.45, 2.75) is 25.7 Å². The van der Waals surface area contributed by atoms with E-state index in [1.807, 2.05) is 30.3 Å². The van der Waals surface area contributed by atoms with E-state index < -0.39 is 5.91 Å². The van der Waals surface area contributed by atoms with Crippen molar-refractivity contribution in [3.63, 3.8) is 0 Å². The van der Waals surface area contributed by atoms with Crippen LogP contribution in [0.5, 0.6) is 5.75 Å². The molecule has 0 saturated carbocycles. The summed E-state index contributed by atoms with van der Waals surface area (Å²) in [5.74, 6) is -0.400. The maximum absolute atomic E-state index is 13.4.